The van der Waals surface area contributed by atoms with Crippen molar-refractivity contribution in [3.05, 3.63) is 27.1 Å². The maximum Gasteiger partial charge on any atom is 0.275 e. The fourth-order valence-corrected chi connectivity index (χ4v) is 3.42. The minimum Gasteiger partial charge on any atom is -0.330 e. The molecule has 1 atom stereocenters. The van der Waals surface area contributed by atoms with E-state index in [-0.39, 0.29) is 5.56 Å². The predicted molar refractivity (Wildman–Crippen MR) is 80.9 cm³/mol. The van der Waals surface area contributed by atoms with E-state index in [9.17, 15) is 4.79 Å². The van der Waals surface area contributed by atoms with Gasteiger partial charge in [-0.15, -0.1) is 0 Å². The van der Waals surface area contributed by atoms with Crippen LogP contribution in [-0.2, 0) is 12.2 Å². The van der Waals surface area contributed by atoms with Gasteiger partial charge < -0.3 is 5.73 Å². The zero-order chi connectivity index (χ0) is 13.8. The van der Waals surface area contributed by atoms with Crippen molar-refractivity contribution in [1.82, 2.24) is 14.6 Å². The second-order valence-corrected chi connectivity index (χ2v) is 6.56. The summed E-state index contributed by atoms with van der Waals surface area (Å²) in [4.78, 5) is 17.1. The minimum absolute atomic E-state index is 0.0941. The monoisotopic (exact) mass is 298 g/mol. The number of aromatic nitrogens is 3. The summed E-state index contributed by atoms with van der Waals surface area (Å²) >= 11 is 3.24. The highest BCUT2D eigenvalue weighted by atomic mass is 32.2. The van der Waals surface area contributed by atoms with Gasteiger partial charge >= 0.3 is 0 Å². The number of nitrogens with two attached hydrogens (primary N) is 1. The van der Waals surface area contributed by atoms with Gasteiger partial charge in [-0.1, -0.05) is 25.2 Å². The molecule has 0 bridgehead atoms. The average molecular weight is 298 g/mol. The van der Waals surface area contributed by atoms with E-state index >= 15 is 0 Å². The van der Waals surface area contributed by atoms with Crippen molar-refractivity contribution in [3.63, 3.8) is 0 Å². The van der Waals surface area contributed by atoms with Crippen LogP contribution in [0, 0.1) is 5.92 Å². The second-order valence-electron chi connectivity index (χ2n) is 4.49. The Kier molecular flexibility index (Phi) is 4.95. The Balaban J connectivity index is 2.14. The Morgan fingerprint density at radius 1 is 1.58 bits per heavy atom. The van der Waals surface area contributed by atoms with Crippen LogP contribution < -0.4 is 11.3 Å². The molecule has 0 aromatic carbocycles. The molecule has 104 valence electrons. The van der Waals surface area contributed by atoms with Crippen molar-refractivity contribution in [2.75, 3.05) is 12.3 Å². The van der Waals surface area contributed by atoms with Crippen LogP contribution in [0.4, 0.5) is 0 Å². The smallest absolute Gasteiger partial charge is 0.275 e. The van der Waals surface area contributed by atoms with Gasteiger partial charge in [0.15, 0.2) is 0 Å². The van der Waals surface area contributed by atoms with Gasteiger partial charge in [0.1, 0.15) is 5.01 Å². The summed E-state index contributed by atoms with van der Waals surface area (Å²) in [6, 6.07) is 1.58. The topological polar surface area (TPSA) is 73.3 Å². The van der Waals surface area contributed by atoms with Crippen molar-refractivity contribution in [3.8, 4) is 0 Å². The Labute approximate surface area is 120 Å². The fraction of sp³-hybridized carbons (Fsp3) is 0.583. The molecule has 7 heteroatoms. The molecular weight excluding hydrogens is 280 g/mol. The molecule has 0 saturated carbocycles. The Morgan fingerprint density at radius 3 is 3.05 bits per heavy atom. The summed E-state index contributed by atoms with van der Waals surface area (Å²) in [6.45, 7) is 4.83. The third-order valence-corrected chi connectivity index (χ3v) is 5.05. The first-order valence-electron chi connectivity index (χ1n) is 6.30. The summed E-state index contributed by atoms with van der Waals surface area (Å²) in [5.41, 5.74) is 6.31. The quantitative estimate of drug-likeness (QED) is 0.875. The standard InChI is InChI=1S/C12H18N4OS2/c1-3-10-15-16-11(17)4-9(14-12(16)19-10)7-18-6-8(2)5-13/h4,8H,3,5-7,13H2,1-2H3. The molecule has 1 unspecified atom stereocenters. The molecule has 0 fully saturated rings. The minimum atomic E-state index is -0.0941. The summed E-state index contributed by atoms with van der Waals surface area (Å²) in [6.07, 6.45) is 0.825. The number of nitrogens with zero attached hydrogens (tertiary/aromatic N) is 3. The Hall–Kier alpha value is -0.920. The molecule has 0 saturated heterocycles. The maximum atomic E-state index is 11.9. The third kappa shape index (κ3) is 3.55. The van der Waals surface area contributed by atoms with Gasteiger partial charge in [0, 0.05) is 11.8 Å². The first-order valence-corrected chi connectivity index (χ1v) is 8.27. The zero-order valence-corrected chi connectivity index (χ0v) is 12.8. The number of thioether (sulfide) groups is 1. The lowest BCUT2D eigenvalue weighted by Crippen LogP contribution is -2.16. The molecule has 5 nitrogen and oxygen atoms in total. The predicted octanol–water partition coefficient (Wildman–Crippen LogP) is 1.54. The van der Waals surface area contributed by atoms with Crippen LogP contribution in [0.25, 0.3) is 4.96 Å². The molecule has 0 radical (unpaired) electrons. The molecule has 2 N–H and O–H groups in total. The largest absolute Gasteiger partial charge is 0.330 e. The molecule has 19 heavy (non-hydrogen) atoms. The normalized spacial score (nSPS) is 13.0. The van der Waals surface area contributed by atoms with E-state index in [1.165, 1.54) is 15.9 Å². The Bertz CT molecular complexity index is 607. The van der Waals surface area contributed by atoms with E-state index in [1.807, 2.05) is 6.92 Å². The van der Waals surface area contributed by atoms with Gasteiger partial charge in [-0.05, 0) is 24.6 Å². The number of hydrogen-bond acceptors (Lipinski definition) is 6. The molecule has 2 aromatic heterocycles. The SMILES string of the molecule is CCc1nn2c(=O)cc(CSCC(C)CN)nc2s1. The van der Waals surface area contributed by atoms with Gasteiger partial charge in [-0.25, -0.2) is 4.98 Å². The second kappa shape index (κ2) is 6.49. The molecule has 2 rings (SSSR count). The summed E-state index contributed by atoms with van der Waals surface area (Å²) in [5, 5.41) is 5.17. The molecule has 0 amide bonds. The lowest BCUT2D eigenvalue weighted by Gasteiger charge is -2.06. The highest BCUT2D eigenvalue weighted by molar-refractivity contribution is 7.98. The van der Waals surface area contributed by atoms with Gasteiger partial charge in [0.05, 0.1) is 5.69 Å². The van der Waals surface area contributed by atoms with E-state index in [4.69, 9.17) is 5.73 Å². The van der Waals surface area contributed by atoms with Crippen LogP contribution in [0.5, 0.6) is 0 Å². The lowest BCUT2D eigenvalue weighted by atomic mass is 10.2. The van der Waals surface area contributed by atoms with Crippen LogP contribution in [-0.4, -0.2) is 26.9 Å². The van der Waals surface area contributed by atoms with E-state index < -0.39 is 0 Å². The Morgan fingerprint density at radius 2 is 2.37 bits per heavy atom. The molecule has 2 aromatic rings. The molecule has 0 aliphatic heterocycles. The van der Waals surface area contributed by atoms with E-state index in [0.717, 1.165) is 28.6 Å². The van der Waals surface area contributed by atoms with Crippen molar-refractivity contribution >= 4 is 28.1 Å². The maximum absolute atomic E-state index is 11.9. The number of hydrogen-bond donors (Lipinski definition) is 1. The number of fused-ring (bicyclic) bond motifs is 1. The van der Waals surface area contributed by atoms with Crippen LogP contribution in [0.2, 0.25) is 0 Å². The van der Waals surface area contributed by atoms with Gasteiger partial charge in [-0.3, -0.25) is 4.79 Å². The van der Waals surface area contributed by atoms with Gasteiger partial charge in [-0.2, -0.15) is 21.4 Å². The molecule has 0 aliphatic rings. The molecule has 0 aliphatic carbocycles. The molecule has 0 spiro atoms. The third-order valence-electron chi connectivity index (χ3n) is 2.70. The van der Waals surface area contributed by atoms with E-state index in [1.54, 1.807) is 17.8 Å². The zero-order valence-electron chi connectivity index (χ0n) is 11.1. The van der Waals surface area contributed by atoms with Crippen molar-refractivity contribution < 1.29 is 0 Å². The first kappa shape index (κ1) is 14.5. The first-order chi connectivity index (χ1) is 9.13. The summed E-state index contributed by atoms with van der Waals surface area (Å²) in [5.74, 6) is 2.22. The molecular formula is C12H18N4OS2. The van der Waals surface area contributed by atoms with Crippen molar-refractivity contribution in [2.45, 2.75) is 26.0 Å². The summed E-state index contributed by atoms with van der Waals surface area (Å²) < 4.78 is 1.39. The van der Waals surface area contributed by atoms with Gasteiger partial charge in [0.25, 0.3) is 5.56 Å². The van der Waals surface area contributed by atoms with Crippen LogP contribution in [0.15, 0.2) is 10.9 Å². The average Bonchev–Trinajstić information content (AvgIpc) is 2.82. The number of rotatable bonds is 6. The van der Waals surface area contributed by atoms with Crippen molar-refractivity contribution in [1.29, 1.82) is 0 Å². The van der Waals surface area contributed by atoms with E-state index in [0.29, 0.717) is 17.4 Å². The summed E-state index contributed by atoms with van der Waals surface area (Å²) in [7, 11) is 0. The van der Waals surface area contributed by atoms with Crippen LogP contribution in [0.3, 0.4) is 0 Å². The van der Waals surface area contributed by atoms with Gasteiger partial charge in [0.2, 0.25) is 4.96 Å². The lowest BCUT2D eigenvalue weighted by molar-refractivity contribution is 0.675. The fourth-order valence-electron chi connectivity index (χ4n) is 1.55. The van der Waals surface area contributed by atoms with Crippen molar-refractivity contribution in [2.24, 2.45) is 11.7 Å². The number of aryl methyl sites for hydroxylation is 1. The molecule has 2 heterocycles. The van der Waals surface area contributed by atoms with Crippen LogP contribution >= 0.6 is 23.1 Å². The highest BCUT2D eigenvalue weighted by Gasteiger charge is 2.08. The van der Waals surface area contributed by atoms with E-state index in [2.05, 4.69) is 17.0 Å². The highest BCUT2D eigenvalue weighted by Crippen LogP contribution is 2.16. The van der Waals surface area contributed by atoms with Crippen LogP contribution in [0.1, 0.15) is 24.5 Å².